The molecule has 10 heteroatoms. The molecule has 4 atom stereocenters. The number of piperidine rings is 1. The van der Waals surface area contributed by atoms with Crippen molar-refractivity contribution in [2.75, 3.05) is 32.7 Å². The Hall–Kier alpha value is -3.24. The predicted molar refractivity (Wildman–Crippen MR) is 156 cm³/mol. The number of carbonyl (C=O) groups is 1. The molecule has 2 aliphatic rings. The van der Waals surface area contributed by atoms with Crippen molar-refractivity contribution in [3.8, 4) is 0 Å². The summed E-state index contributed by atoms with van der Waals surface area (Å²) in [6.45, 7) is 6.43. The zero-order valence-corrected chi connectivity index (χ0v) is 24.7. The van der Waals surface area contributed by atoms with Gasteiger partial charge in [-0.2, -0.15) is 18.3 Å². The molecule has 2 aliphatic heterocycles. The molecular weight excluding hydrogens is 560 g/mol. The lowest BCUT2D eigenvalue weighted by molar-refractivity contribution is -0.194. The molecule has 0 saturated carbocycles. The topological polar surface area (TPSA) is 61.6 Å². The molecule has 3 heterocycles. The largest absolute Gasteiger partial charge is 0.480 e. The third kappa shape index (κ3) is 7.29. The summed E-state index contributed by atoms with van der Waals surface area (Å²) in [4.78, 5) is 15.9. The van der Waals surface area contributed by atoms with Crippen LogP contribution >= 0.6 is 0 Å². The van der Waals surface area contributed by atoms with E-state index in [1.165, 1.54) is 28.3 Å². The number of halogens is 4. The van der Waals surface area contributed by atoms with E-state index in [-0.39, 0.29) is 24.9 Å². The van der Waals surface area contributed by atoms with E-state index in [1.54, 1.807) is 12.1 Å². The van der Waals surface area contributed by atoms with Gasteiger partial charge in [0.05, 0.1) is 11.6 Å². The van der Waals surface area contributed by atoms with Crippen molar-refractivity contribution in [3.63, 3.8) is 0 Å². The predicted octanol–water partition coefficient (Wildman–Crippen LogP) is 6.18. The van der Waals surface area contributed by atoms with Crippen molar-refractivity contribution in [1.82, 2.24) is 19.6 Å². The normalized spacial score (nSPS) is 22.1. The number of hydrogen-bond acceptors (Lipinski definition) is 4. The van der Waals surface area contributed by atoms with Gasteiger partial charge >= 0.3 is 12.1 Å². The first-order valence-electron chi connectivity index (χ1n) is 15.2. The van der Waals surface area contributed by atoms with Crippen LogP contribution in [-0.4, -0.2) is 75.6 Å². The van der Waals surface area contributed by atoms with Crippen LogP contribution in [0.15, 0.2) is 60.7 Å². The van der Waals surface area contributed by atoms with Crippen LogP contribution in [0.25, 0.3) is 0 Å². The molecule has 0 amide bonds. The Morgan fingerprint density at radius 1 is 1.05 bits per heavy atom. The standard InChI is InChI=1S/C33H40F4N4O2/c1-3-41-30(18-28(38-41)16-23-8-5-4-6-9-23)24-12-14-39(15-13-24)19-26-20-40(31(32(42)43)22(2)33(35,36)37)21-29(26)25-10-7-11-27(34)17-25/h4-11,17-18,22,24,26,29,31H,3,12-16,19-21H2,1-2H3,(H,42,43). The number of benzene rings is 2. The second kappa shape index (κ2) is 13.2. The van der Waals surface area contributed by atoms with E-state index in [0.29, 0.717) is 18.0 Å². The Bertz CT molecular complexity index is 1370. The van der Waals surface area contributed by atoms with E-state index in [9.17, 15) is 27.5 Å². The van der Waals surface area contributed by atoms with Crippen molar-refractivity contribution in [1.29, 1.82) is 0 Å². The molecule has 1 aromatic heterocycles. The zero-order chi connectivity index (χ0) is 30.7. The maximum Gasteiger partial charge on any atom is 0.393 e. The van der Waals surface area contributed by atoms with Gasteiger partial charge in [-0.1, -0.05) is 49.4 Å². The van der Waals surface area contributed by atoms with Gasteiger partial charge in [-0.05, 0) is 68.1 Å². The lowest BCUT2D eigenvalue weighted by Gasteiger charge is -2.35. The van der Waals surface area contributed by atoms with Gasteiger partial charge in [0, 0.05) is 50.1 Å². The summed E-state index contributed by atoms with van der Waals surface area (Å²) in [5.41, 5.74) is 4.21. The summed E-state index contributed by atoms with van der Waals surface area (Å²) in [6, 6.07) is 17.0. The van der Waals surface area contributed by atoms with Crippen LogP contribution in [0, 0.1) is 17.7 Å². The highest BCUT2D eigenvalue weighted by atomic mass is 19.4. The van der Waals surface area contributed by atoms with Gasteiger partial charge in [-0.3, -0.25) is 14.4 Å². The smallest absolute Gasteiger partial charge is 0.393 e. The number of aryl methyl sites for hydroxylation is 1. The third-order valence-electron chi connectivity index (χ3n) is 9.27. The number of aromatic nitrogens is 2. The van der Waals surface area contributed by atoms with Gasteiger partial charge in [0.15, 0.2) is 0 Å². The molecule has 232 valence electrons. The number of aliphatic carboxylic acids is 1. The van der Waals surface area contributed by atoms with Gasteiger partial charge in [-0.15, -0.1) is 0 Å². The van der Waals surface area contributed by atoms with E-state index >= 15 is 0 Å². The summed E-state index contributed by atoms with van der Waals surface area (Å²) in [5.74, 6) is -3.95. The van der Waals surface area contributed by atoms with Gasteiger partial charge < -0.3 is 10.0 Å². The average Bonchev–Trinajstić information content (AvgIpc) is 3.57. The van der Waals surface area contributed by atoms with Crippen LogP contribution in [0.3, 0.4) is 0 Å². The van der Waals surface area contributed by atoms with Gasteiger partial charge in [-0.25, -0.2) is 4.39 Å². The van der Waals surface area contributed by atoms with Crippen molar-refractivity contribution in [3.05, 3.63) is 89.0 Å². The Morgan fingerprint density at radius 3 is 2.40 bits per heavy atom. The molecule has 5 rings (SSSR count). The van der Waals surface area contributed by atoms with Gasteiger partial charge in [0.2, 0.25) is 0 Å². The molecule has 1 N–H and O–H groups in total. The molecule has 0 aliphatic carbocycles. The van der Waals surface area contributed by atoms with Crippen LogP contribution in [-0.2, 0) is 17.8 Å². The number of likely N-dealkylation sites (tertiary alicyclic amines) is 2. The fourth-order valence-electron chi connectivity index (χ4n) is 7.00. The van der Waals surface area contributed by atoms with E-state index < -0.39 is 29.9 Å². The first-order chi connectivity index (χ1) is 20.5. The van der Waals surface area contributed by atoms with Crippen LogP contribution in [0.1, 0.15) is 61.0 Å². The Kier molecular flexibility index (Phi) is 9.56. The molecule has 6 nitrogen and oxygen atoms in total. The molecule has 0 radical (unpaired) electrons. The highest BCUT2D eigenvalue weighted by Crippen LogP contribution is 2.40. The maximum absolute atomic E-state index is 14.2. The number of hydrogen-bond donors (Lipinski definition) is 1. The minimum Gasteiger partial charge on any atom is -0.480 e. The van der Waals surface area contributed by atoms with E-state index in [1.807, 2.05) is 18.2 Å². The van der Waals surface area contributed by atoms with Gasteiger partial charge in [0.1, 0.15) is 11.9 Å². The molecule has 0 spiro atoms. The van der Waals surface area contributed by atoms with Crippen molar-refractivity contribution in [2.45, 2.75) is 63.7 Å². The van der Waals surface area contributed by atoms with Crippen LogP contribution in [0.5, 0.6) is 0 Å². The third-order valence-corrected chi connectivity index (χ3v) is 9.27. The molecule has 2 fully saturated rings. The number of alkyl halides is 3. The van der Waals surface area contributed by atoms with E-state index in [0.717, 1.165) is 51.5 Å². The van der Waals surface area contributed by atoms with Crippen LogP contribution in [0.4, 0.5) is 17.6 Å². The fourth-order valence-corrected chi connectivity index (χ4v) is 7.00. The highest BCUT2D eigenvalue weighted by molar-refractivity contribution is 5.74. The summed E-state index contributed by atoms with van der Waals surface area (Å²) in [6.07, 6.45) is -1.99. The quantitative estimate of drug-likeness (QED) is 0.282. The number of rotatable bonds is 10. The molecule has 0 bridgehead atoms. The molecular formula is C33H40F4N4O2. The molecule has 3 aromatic rings. The molecule has 2 saturated heterocycles. The van der Waals surface area contributed by atoms with Crippen molar-refractivity contribution < 1.29 is 27.5 Å². The second-order valence-corrected chi connectivity index (χ2v) is 12.1. The first kappa shape index (κ1) is 31.2. The van der Waals surface area contributed by atoms with Crippen LogP contribution in [0.2, 0.25) is 0 Å². The SMILES string of the molecule is CCn1nc(Cc2ccccc2)cc1C1CCN(CC2CN(C(C(=O)O)C(C)C(F)(F)F)CC2c2cccc(F)c2)CC1. The van der Waals surface area contributed by atoms with E-state index in [4.69, 9.17) is 5.10 Å². The minimum atomic E-state index is -4.64. The van der Waals surface area contributed by atoms with E-state index in [2.05, 4.69) is 34.7 Å². The van der Waals surface area contributed by atoms with Crippen molar-refractivity contribution >= 4 is 5.97 Å². The second-order valence-electron chi connectivity index (χ2n) is 12.1. The summed E-state index contributed by atoms with van der Waals surface area (Å²) < 4.78 is 57.2. The highest BCUT2D eigenvalue weighted by Gasteiger charge is 2.50. The average molecular weight is 601 g/mol. The summed E-state index contributed by atoms with van der Waals surface area (Å²) in [5, 5.41) is 14.7. The Labute approximate surface area is 250 Å². The summed E-state index contributed by atoms with van der Waals surface area (Å²) in [7, 11) is 0. The van der Waals surface area contributed by atoms with Crippen LogP contribution < -0.4 is 0 Å². The minimum absolute atomic E-state index is 0.126. The fraction of sp³-hybridized carbons (Fsp3) is 0.515. The lowest BCUT2D eigenvalue weighted by atomic mass is 9.87. The number of carboxylic acids is 1. The maximum atomic E-state index is 14.2. The Morgan fingerprint density at radius 2 is 1.77 bits per heavy atom. The Balaban J connectivity index is 1.28. The molecule has 2 aromatic carbocycles. The van der Waals surface area contributed by atoms with Crippen molar-refractivity contribution in [2.24, 2.45) is 11.8 Å². The number of nitrogens with zero attached hydrogens (tertiary/aromatic N) is 4. The lowest BCUT2D eigenvalue weighted by Crippen LogP contribution is -2.49. The monoisotopic (exact) mass is 600 g/mol. The zero-order valence-electron chi connectivity index (χ0n) is 24.7. The van der Waals surface area contributed by atoms with Gasteiger partial charge in [0.25, 0.3) is 0 Å². The first-order valence-corrected chi connectivity index (χ1v) is 15.2. The number of carboxylic acid groups (broad SMARTS) is 1. The summed E-state index contributed by atoms with van der Waals surface area (Å²) >= 11 is 0. The molecule has 4 unspecified atom stereocenters. The molecule has 43 heavy (non-hydrogen) atoms.